The van der Waals surface area contributed by atoms with E-state index in [2.05, 4.69) is 41.5 Å². The molecule has 0 fully saturated rings. The Labute approximate surface area is 103 Å². The largest absolute Gasteiger partial charge is 0.379 e. The van der Waals surface area contributed by atoms with Gasteiger partial charge in [-0.25, -0.2) is 0 Å². The number of rotatable bonds is 5. The van der Waals surface area contributed by atoms with E-state index in [9.17, 15) is 0 Å². The summed E-state index contributed by atoms with van der Waals surface area (Å²) in [4.78, 5) is 0. The predicted octanol–water partition coefficient (Wildman–Crippen LogP) is 2.81. The zero-order valence-corrected chi connectivity index (χ0v) is 11.2. The van der Waals surface area contributed by atoms with Gasteiger partial charge in [0.2, 0.25) is 0 Å². The fraction of sp³-hybridized carbons (Fsp3) is 0.667. The first-order chi connectivity index (χ1) is 6.59. The average Bonchev–Trinajstić information content (AvgIpc) is 2.40. The van der Waals surface area contributed by atoms with Gasteiger partial charge in [-0.15, -0.1) is 0 Å². The van der Waals surface area contributed by atoms with E-state index in [0.29, 0.717) is 17.5 Å². The molecule has 0 amide bonds. The molecule has 1 rings (SSSR count). The van der Waals surface area contributed by atoms with Crippen LogP contribution in [0.25, 0.3) is 0 Å². The van der Waals surface area contributed by atoms with Crippen molar-refractivity contribution in [1.82, 2.24) is 9.78 Å². The lowest BCUT2D eigenvalue weighted by Gasteiger charge is -2.06. The van der Waals surface area contributed by atoms with E-state index in [1.54, 1.807) is 0 Å². The van der Waals surface area contributed by atoms with Gasteiger partial charge in [-0.05, 0) is 28.5 Å². The van der Waals surface area contributed by atoms with Gasteiger partial charge in [0.25, 0.3) is 0 Å². The van der Waals surface area contributed by atoms with E-state index >= 15 is 0 Å². The summed E-state index contributed by atoms with van der Waals surface area (Å²) in [5.41, 5.74) is 0. The maximum absolute atomic E-state index is 5.86. The van der Waals surface area contributed by atoms with Gasteiger partial charge in [0.1, 0.15) is 3.70 Å². The number of hydrogen-bond acceptors (Lipinski definition) is 2. The van der Waals surface area contributed by atoms with Gasteiger partial charge >= 0.3 is 0 Å². The summed E-state index contributed by atoms with van der Waals surface area (Å²) in [5, 5.41) is 4.92. The highest BCUT2D eigenvalue weighted by atomic mass is 127. The van der Waals surface area contributed by atoms with Crippen molar-refractivity contribution < 1.29 is 4.74 Å². The van der Waals surface area contributed by atoms with E-state index in [1.165, 1.54) is 0 Å². The van der Waals surface area contributed by atoms with Gasteiger partial charge in [0.05, 0.1) is 18.2 Å². The minimum Gasteiger partial charge on any atom is -0.379 e. The lowest BCUT2D eigenvalue weighted by molar-refractivity contribution is 0.101. The average molecular weight is 329 g/mol. The van der Waals surface area contributed by atoms with Crippen molar-refractivity contribution in [2.24, 2.45) is 5.92 Å². The van der Waals surface area contributed by atoms with Crippen molar-refractivity contribution in [3.8, 4) is 0 Å². The zero-order chi connectivity index (χ0) is 10.6. The van der Waals surface area contributed by atoms with Crippen molar-refractivity contribution in [2.45, 2.75) is 20.4 Å². The number of hydrogen-bond donors (Lipinski definition) is 0. The monoisotopic (exact) mass is 328 g/mol. The molecule has 0 bridgehead atoms. The summed E-state index contributed by atoms with van der Waals surface area (Å²) in [6.45, 7) is 6.51. The van der Waals surface area contributed by atoms with E-state index in [-0.39, 0.29) is 0 Å². The van der Waals surface area contributed by atoms with Crippen LogP contribution in [0.5, 0.6) is 0 Å². The Morgan fingerprint density at radius 2 is 2.36 bits per heavy atom. The molecule has 0 saturated heterocycles. The molecule has 1 aromatic heterocycles. The van der Waals surface area contributed by atoms with Crippen LogP contribution >= 0.6 is 34.2 Å². The van der Waals surface area contributed by atoms with Gasteiger partial charge < -0.3 is 4.74 Å². The Morgan fingerprint density at radius 3 is 2.86 bits per heavy atom. The van der Waals surface area contributed by atoms with Gasteiger partial charge in [0.15, 0.2) is 0 Å². The first-order valence-corrected chi connectivity index (χ1v) is 6.01. The summed E-state index contributed by atoms with van der Waals surface area (Å²) in [7, 11) is 0. The Balaban J connectivity index is 2.25. The van der Waals surface area contributed by atoms with Crippen molar-refractivity contribution in [3.63, 3.8) is 0 Å². The molecule has 0 saturated carbocycles. The topological polar surface area (TPSA) is 27.1 Å². The van der Waals surface area contributed by atoms with Crippen LogP contribution in [0.15, 0.2) is 6.20 Å². The standard InChI is InChI=1S/C9H14ClIN2O/c1-7(2)6-14-4-3-13-5-8(10)9(11)12-13/h5,7H,3-4,6H2,1-2H3. The Bertz CT molecular complexity index is 269. The number of ether oxygens (including phenoxy) is 1. The zero-order valence-electron chi connectivity index (χ0n) is 8.33. The molecule has 0 spiro atoms. The van der Waals surface area contributed by atoms with Gasteiger partial charge in [-0.2, -0.15) is 5.10 Å². The Morgan fingerprint density at radius 1 is 1.64 bits per heavy atom. The highest BCUT2D eigenvalue weighted by molar-refractivity contribution is 14.1. The molecule has 0 unspecified atom stereocenters. The number of aromatic nitrogens is 2. The van der Waals surface area contributed by atoms with Crippen LogP contribution in [-0.2, 0) is 11.3 Å². The van der Waals surface area contributed by atoms with Crippen molar-refractivity contribution >= 4 is 34.2 Å². The van der Waals surface area contributed by atoms with Crippen molar-refractivity contribution in [3.05, 3.63) is 14.9 Å². The highest BCUT2D eigenvalue weighted by Crippen LogP contribution is 2.15. The smallest absolute Gasteiger partial charge is 0.141 e. The van der Waals surface area contributed by atoms with Crippen molar-refractivity contribution in [1.29, 1.82) is 0 Å². The Hall–Kier alpha value is 0.190. The normalized spacial score (nSPS) is 11.2. The summed E-state index contributed by atoms with van der Waals surface area (Å²) < 4.78 is 8.09. The molecule has 0 aliphatic heterocycles. The molecule has 3 nitrogen and oxygen atoms in total. The fourth-order valence-electron chi connectivity index (χ4n) is 0.965. The Kier molecular flexibility index (Phi) is 5.19. The first kappa shape index (κ1) is 12.3. The lowest BCUT2D eigenvalue weighted by Crippen LogP contribution is -2.09. The summed E-state index contributed by atoms with van der Waals surface area (Å²) in [5.74, 6) is 0.580. The molecule has 14 heavy (non-hydrogen) atoms. The third-order valence-corrected chi connectivity index (χ3v) is 2.98. The molecule has 0 atom stereocenters. The third kappa shape index (κ3) is 4.14. The summed E-state index contributed by atoms with van der Waals surface area (Å²) >= 11 is 7.97. The van der Waals surface area contributed by atoms with E-state index < -0.39 is 0 Å². The molecule has 0 N–H and O–H groups in total. The highest BCUT2D eigenvalue weighted by Gasteiger charge is 2.02. The third-order valence-electron chi connectivity index (χ3n) is 1.59. The molecule has 0 aliphatic rings. The number of halogens is 2. The predicted molar refractivity (Wildman–Crippen MR) is 65.6 cm³/mol. The van der Waals surface area contributed by atoms with E-state index in [0.717, 1.165) is 16.9 Å². The van der Waals surface area contributed by atoms with Crippen LogP contribution in [0.4, 0.5) is 0 Å². The van der Waals surface area contributed by atoms with Crippen LogP contribution in [0.3, 0.4) is 0 Å². The van der Waals surface area contributed by atoms with E-state index in [4.69, 9.17) is 16.3 Å². The van der Waals surface area contributed by atoms with Gasteiger partial charge in [0, 0.05) is 12.8 Å². The van der Waals surface area contributed by atoms with Crippen LogP contribution < -0.4 is 0 Å². The summed E-state index contributed by atoms with van der Waals surface area (Å²) in [6, 6.07) is 0. The second-order valence-corrected chi connectivity index (χ2v) is 4.93. The second-order valence-electron chi connectivity index (χ2n) is 3.50. The van der Waals surface area contributed by atoms with Crippen LogP contribution in [0.2, 0.25) is 5.02 Å². The SMILES string of the molecule is CC(C)COCCn1cc(Cl)c(I)n1. The summed E-state index contributed by atoms with van der Waals surface area (Å²) in [6.07, 6.45) is 1.82. The van der Waals surface area contributed by atoms with E-state index in [1.807, 2.05) is 10.9 Å². The van der Waals surface area contributed by atoms with Crippen LogP contribution in [0, 0.1) is 9.62 Å². The molecule has 0 aliphatic carbocycles. The molecule has 1 heterocycles. The molecule has 80 valence electrons. The first-order valence-electron chi connectivity index (χ1n) is 4.55. The van der Waals surface area contributed by atoms with Gasteiger partial charge in [-0.1, -0.05) is 25.4 Å². The minimum absolute atomic E-state index is 0.580. The molecule has 0 radical (unpaired) electrons. The minimum atomic E-state index is 0.580. The molecular weight excluding hydrogens is 314 g/mol. The molecule has 1 aromatic rings. The lowest BCUT2D eigenvalue weighted by atomic mass is 10.2. The molecule has 5 heteroatoms. The van der Waals surface area contributed by atoms with Crippen LogP contribution in [0.1, 0.15) is 13.8 Å². The van der Waals surface area contributed by atoms with Crippen molar-refractivity contribution in [2.75, 3.05) is 13.2 Å². The molecular formula is C9H14ClIN2O. The maximum Gasteiger partial charge on any atom is 0.141 e. The quantitative estimate of drug-likeness (QED) is 0.614. The van der Waals surface area contributed by atoms with Gasteiger partial charge in [-0.3, -0.25) is 4.68 Å². The maximum atomic E-state index is 5.86. The second kappa shape index (κ2) is 5.92. The fourth-order valence-corrected chi connectivity index (χ4v) is 1.53. The van der Waals surface area contributed by atoms with Crippen LogP contribution in [-0.4, -0.2) is 23.0 Å². The number of nitrogens with zero attached hydrogens (tertiary/aromatic N) is 2. The molecule has 0 aromatic carbocycles.